The van der Waals surface area contributed by atoms with Gasteiger partial charge in [0.25, 0.3) is 5.91 Å². The molecular weight excluding hydrogens is 406 g/mol. The van der Waals surface area contributed by atoms with Gasteiger partial charge in [-0.15, -0.1) is 0 Å². The summed E-state index contributed by atoms with van der Waals surface area (Å²) in [5.41, 5.74) is 3.10. The summed E-state index contributed by atoms with van der Waals surface area (Å²) in [6, 6.07) is 11.7. The number of carbonyl (C=O) groups is 1. The van der Waals surface area contributed by atoms with E-state index >= 15 is 0 Å². The molecule has 1 aliphatic heterocycles. The van der Waals surface area contributed by atoms with E-state index in [9.17, 15) is 4.79 Å². The molecule has 0 aliphatic carbocycles. The lowest BCUT2D eigenvalue weighted by Crippen LogP contribution is -2.17. The Balaban J connectivity index is 1.63. The van der Waals surface area contributed by atoms with Crippen molar-refractivity contribution in [1.29, 1.82) is 0 Å². The van der Waals surface area contributed by atoms with E-state index in [1.165, 1.54) is 17.3 Å². The molecule has 3 rings (SSSR count). The van der Waals surface area contributed by atoms with Crippen LogP contribution in [-0.2, 0) is 4.79 Å². The molecule has 152 valence electrons. The average Bonchev–Trinajstić information content (AvgIpc) is 3.00. The maximum atomic E-state index is 12.0. The Morgan fingerprint density at radius 1 is 1.10 bits per heavy atom. The van der Waals surface area contributed by atoms with E-state index in [1.807, 2.05) is 37.3 Å². The van der Waals surface area contributed by atoms with Crippen LogP contribution >= 0.6 is 24.0 Å². The molecule has 0 bridgehead atoms. The largest absolute Gasteiger partial charge is 0.493 e. The Labute approximate surface area is 180 Å². The normalized spacial score (nSPS) is 14.8. The lowest BCUT2D eigenvalue weighted by Gasteiger charge is -2.14. The van der Waals surface area contributed by atoms with E-state index in [1.54, 1.807) is 13.2 Å². The topological polar surface area (TPSA) is 56.8 Å². The minimum Gasteiger partial charge on any atom is -0.493 e. The van der Waals surface area contributed by atoms with Crippen molar-refractivity contribution in [2.75, 3.05) is 20.3 Å². The summed E-state index contributed by atoms with van der Waals surface area (Å²) in [6.07, 6.45) is 2.48. The molecule has 1 aliphatic rings. The number of rotatable bonds is 8. The van der Waals surface area contributed by atoms with Crippen molar-refractivity contribution in [3.05, 3.63) is 58.0 Å². The molecule has 1 heterocycles. The zero-order valence-corrected chi connectivity index (χ0v) is 18.2. The maximum absolute atomic E-state index is 12.0. The predicted molar refractivity (Wildman–Crippen MR) is 121 cm³/mol. The van der Waals surface area contributed by atoms with Gasteiger partial charge in [-0.2, -0.15) is 0 Å². The number of thiocarbonyl (C=S) groups is 1. The van der Waals surface area contributed by atoms with Crippen LogP contribution in [0.3, 0.4) is 0 Å². The van der Waals surface area contributed by atoms with Crippen LogP contribution in [0.15, 0.2) is 41.3 Å². The molecule has 0 atom stereocenters. The average molecular weight is 430 g/mol. The molecule has 0 radical (unpaired) electrons. The molecule has 1 fully saturated rings. The number of benzene rings is 2. The van der Waals surface area contributed by atoms with Gasteiger partial charge in [0, 0.05) is 12.0 Å². The van der Waals surface area contributed by atoms with Crippen LogP contribution in [0, 0.1) is 13.8 Å². The predicted octanol–water partition coefficient (Wildman–Crippen LogP) is 4.65. The summed E-state index contributed by atoms with van der Waals surface area (Å²) >= 11 is 6.28. The van der Waals surface area contributed by atoms with Crippen molar-refractivity contribution in [2.24, 2.45) is 0 Å². The number of nitrogens with one attached hydrogen (secondary N) is 1. The molecule has 0 aromatic heterocycles. The van der Waals surface area contributed by atoms with E-state index in [0.29, 0.717) is 40.4 Å². The number of amides is 1. The van der Waals surface area contributed by atoms with Crippen LogP contribution in [0.5, 0.6) is 17.2 Å². The van der Waals surface area contributed by atoms with Gasteiger partial charge < -0.3 is 19.5 Å². The second kappa shape index (κ2) is 9.80. The molecule has 0 saturated carbocycles. The third-order valence-corrected chi connectivity index (χ3v) is 5.44. The van der Waals surface area contributed by atoms with Crippen molar-refractivity contribution >= 4 is 40.3 Å². The monoisotopic (exact) mass is 429 g/mol. The Bertz CT molecular complexity index is 956. The zero-order chi connectivity index (χ0) is 20.8. The highest BCUT2D eigenvalue weighted by Crippen LogP contribution is 2.35. The number of para-hydroxylation sites is 1. The second-order valence-corrected chi connectivity index (χ2v) is 8.27. The Morgan fingerprint density at radius 3 is 2.59 bits per heavy atom. The van der Waals surface area contributed by atoms with Gasteiger partial charge in [0.1, 0.15) is 10.1 Å². The van der Waals surface area contributed by atoms with E-state index in [0.717, 1.165) is 16.9 Å². The van der Waals surface area contributed by atoms with Crippen molar-refractivity contribution in [2.45, 2.75) is 20.3 Å². The number of hydrogen-bond acceptors (Lipinski definition) is 6. The number of carbonyl (C=O) groups excluding carboxylic acids is 1. The minimum atomic E-state index is -0.198. The van der Waals surface area contributed by atoms with Crippen LogP contribution in [0.1, 0.15) is 23.1 Å². The molecule has 2 aromatic rings. The second-order valence-electron chi connectivity index (χ2n) is 6.55. The maximum Gasteiger partial charge on any atom is 0.263 e. The highest BCUT2D eigenvalue weighted by molar-refractivity contribution is 8.26. The number of thioether (sulfide) groups is 1. The third-order valence-electron chi connectivity index (χ3n) is 4.28. The Morgan fingerprint density at radius 2 is 1.90 bits per heavy atom. The lowest BCUT2D eigenvalue weighted by molar-refractivity contribution is -0.115. The standard InChI is InChI=1S/C22H23NO4S2/c1-14-8-9-17(15(2)12-14)26-10-5-11-27-20-16(6-4-7-18(20)25-3)13-19-21(24)23-22(28)29-19/h4,6-9,12-13H,5,10-11H2,1-3H3,(H,23,24,28). The lowest BCUT2D eigenvalue weighted by atomic mass is 10.1. The highest BCUT2D eigenvalue weighted by atomic mass is 32.2. The molecular formula is C22H23NO4S2. The Kier molecular flexibility index (Phi) is 7.17. The molecule has 1 N–H and O–H groups in total. The molecule has 29 heavy (non-hydrogen) atoms. The van der Waals surface area contributed by atoms with Gasteiger partial charge in [0.05, 0.1) is 25.2 Å². The number of ether oxygens (including phenoxy) is 3. The fourth-order valence-electron chi connectivity index (χ4n) is 2.90. The van der Waals surface area contributed by atoms with Gasteiger partial charge in [-0.1, -0.05) is 53.8 Å². The van der Waals surface area contributed by atoms with Gasteiger partial charge in [-0.05, 0) is 37.6 Å². The summed E-state index contributed by atoms with van der Waals surface area (Å²) in [6.45, 7) is 5.10. The van der Waals surface area contributed by atoms with Crippen molar-refractivity contribution in [3.63, 3.8) is 0 Å². The fourth-order valence-corrected chi connectivity index (χ4v) is 3.94. The van der Waals surface area contributed by atoms with E-state index in [2.05, 4.69) is 18.3 Å². The van der Waals surface area contributed by atoms with Crippen molar-refractivity contribution in [1.82, 2.24) is 5.32 Å². The van der Waals surface area contributed by atoms with E-state index < -0.39 is 0 Å². The zero-order valence-electron chi connectivity index (χ0n) is 16.6. The van der Waals surface area contributed by atoms with Gasteiger partial charge >= 0.3 is 0 Å². The molecule has 0 unspecified atom stereocenters. The van der Waals surface area contributed by atoms with Gasteiger partial charge in [-0.3, -0.25) is 4.79 Å². The van der Waals surface area contributed by atoms with Crippen LogP contribution in [0.25, 0.3) is 6.08 Å². The SMILES string of the molecule is COc1cccc(C=C2SC(=S)NC2=O)c1OCCCOc1ccc(C)cc1C. The fraction of sp³-hybridized carbons (Fsp3) is 0.273. The first kappa shape index (κ1) is 21.2. The summed E-state index contributed by atoms with van der Waals surface area (Å²) in [4.78, 5) is 12.5. The Hall–Kier alpha value is -2.51. The molecule has 7 heteroatoms. The number of methoxy groups -OCH3 is 1. The smallest absolute Gasteiger partial charge is 0.263 e. The van der Waals surface area contributed by atoms with Crippen molar-refractivity contribution < 1.29 is 19.0 Å². The van der Waals surface area contributed by atoms with Crippen LogP contribution in [-0.4, -0.2) is 30.6 Å². The van der Waals surface area contributed by atoms with Crippen LogP contribution in [0.4, 0.5) is 0 Å². The molecule has 2 aromatic carbocycles. The molecule has 1 saturated heterocycles. The van der Waals surface area contributed by atoms with E-state index in [4.69, 9.17) is 26.4 Å². The number of aryl methyl sites for hydroxylation is 2. The third kappa shape index (κ3) is 5.52. The summed E-state index contributed by atoms with van der Waals surface area (Å²) < 4.78 is 17.7. The first-order valence-corrected chi connectivity index (χ1v) is 10.4. The van der Waals surface area contributed by atoms with Gasteiger partial charge in [0.2, 0.25) is 0 Å². The van der Waals surface area contributed by atoms with E-state index in [-0.39, 0.29) is 5.91 Å². The minimum absolute atomic E-state index is 0.198. The molecule has 5 nitrogen and oxygen atoms in total. The van der Waals surface area contributed by atoms with Crippen molar-refractivity contribution in [3.8, 4) is 17.2 Å². The quantitative estimate of drug-likeness (QED) is 0.375. The van der Waals surface area contributed by atoms with Gasteiger partial charge in [0.15, 0.2) is 11.5 Å². The molecule has 0 spiro atoms. The summed E-state index contributed by atoms with van der Waals surface area (Å²) in [5, 5.41) is 2.62. The first-order chi connectivity index (χ1) is 14.0. The summed E-state index contributed by atoms with van der Waals surface area (Å²) in [7, 11) is 1.59. The number of hydrogen-bond donors (Lipinski definition) is 1. The van der Waals surface area contributed by atoms with Crippen LogP contribution < -0.4 is 19.5 Å². The summed E-state index contributed by atoms with van der Waals surface area (Å²) in [5.74, 6) is 1.90. The first-order valence-electron chi connectivity index (χ1n) is 9.22. The molecule has 1 amide bonds. The van der Waals surface area contributed by atoms with Crippen LogP contribution in [0.2, 0.25) is 0 Å². The van der Waals surface area contributed by atoms with Gasteiger partial charge in [-0.25, -0.2) is 0 Å². The highest BCUT2D eigenvalue weighted by Gasteiger charge is 2.23.